The minimum atomic E-state index is 0. The molecule has 1 unspecified atom stereocenters. The van der Waals surface area contributed by atoms with Crippen molar-refractivity contribution in [3.8, 4) is 5.75 Å². The molecule has 0 radical (unpaired) electrons. The molecule has 0 bridgehead atoms. The van der Waals surface area contributed by atoms with Crippen molar-refractivity contribution in [3.63, 3.8) is 0 Å². The molecule has 17 heavy (non-hydrogen) atoms. The fourth-order valence-electron chi connectivity index (χ4n) is 1.90. The average molecular weight is 258 g/mol. The summed E-state index contributed by atoms with van der Waals surface area (Å²) in [5.74, 6) is 0.892. The van der Waals surface area contributed by atoms with E-state index < -0.39 is 0 Å². The van der Waals surface area contributed by atoms with Crippen LogP contribution < -0.4 is 10.1 Å². The molecular formula is C13H20ClNO2. The van der Waals surface area contributed by atoms with Crippen LogP contribution in [0.1, 0.15) is 18.4 Å². The predicted molar refractivity (Wildman–Crippen MR) is 70.9 cm³/mol. The monoisotopic (exact) mass is 257 g/mol. The smallest absolute Gasteiger partial charge is 0.118 e. The number of hydrogen-bond donors (Lipinski definition) is 1. The predicted octanol–water partition coefficient (Wildman–Crippen LogP) is 2.39. The van der Waals surface area contributed by atoms with Crippen LogP contribution in [0.2, 0.25) is 0 Å². The Balaban J connectivity index is 0.00000144. The highest BCUT2D eigenvalue weighted by Crippen LogP contribution is 2.14. The molecule has 0 aliphatic carbocycles. The Morgan fingerprint density at radius 3 is 2.65 bits per heavy atom. The first kappa shape index (κ1) is 14.3. The van der Waals surface area contributed by atoms with E-state index in [4.69, 9.17) is 9.47 Å². The standard InChI is InChI=1S/C13H19NO2.ClH/c1-15-12-6-4-11(5-7-12)10-16-13-3-2-8-14-9-13;/h4-7,13-14H,2-3,8-10H2,1H3;1H. The second-order valence-corrected chi connectivity index (χ2v) is 4.13. The third-order valence-electron chi connectivity index (χ3n) is 2.90. The zero-order valence-electron chi connectivity index (χ0n) is 10.1. The van der Waals surface area contributed by atoms with Gasteiger partial charge >= 0.3 is 0 Å². The maximum Gasteiger partial charge on any atom is 0.118 e. The molecule has 0 spiro atoms. The summed E-state index contributed by atoms with van der Waals surface area (Å²) in [6, 6.07) is 8.04. The van der Waals surface area contributed by atoms with Crippen molar-refractivity contribution in [1.29, 1.82) is 0 Å². The molecule has 0 saturated carbocycles. The van der Waals surface area contributed by atoms with Gasteiger partial charge in [0.05, 0.1) is 19.8 Å². The van der Waals surface area contributed by atoms with Crippen molar-refractivity contribution in [2.24, 2.45) is 0 Å². The van der Waals surface area contributed by atoms with Gasteiger partial charge in [0.2, 0.25) is 0 Å². The van der Waals surface area contributed by atoms with Gasteiger partial charge in [0.25, 0.3) is 0 Å². The number of halogens is 1. The molecule has 1 heterocycles. The lowest BCUT2D eigenvalue weighted by Crippen LogP contribution is -2.35. The van der Waals surface area contributed by atoms with Crippen LogP contribution in [-0.2, 0) is 11.3 Å². The number of nitrogens with one attached hydrogen (secondary N) is 1. The van der Waals surface area contributed by atoms with Gasteiger partial charge < -0.3 is 14.8 Å². The van der Waals surface area contributed by atoms with Crippen LogP contribution in [0.25, 0.3) is 0 Å². The third-order valence-corrected chi connectivity index (χ3v) is 2.90. The normalized spacial score (nSPS) is 19.5. The number of methoxy groups -OCH3 is 1. The van der Waals surface area contributed by atoms with Crippen molar-refractivity contribution in [1.82, 2.24) is 5.32 Å². The fourth-order valence-corrected chi connectivity index (χ4v) is 1.90. The Morgan fingerprint density at radius 2 is 2.06 bits per heavy atom. The van der Waals surface area contributed by atoms with Crippen LogP contribution in [0.4, 0.5) is 0 Å². The highest BCUT2D eigenvalue weighted by molar-refractivity contribution is 5.85. The highest BCUT2D eigenvalue weighted by atomic mass is 35.5. The summed E-state index contributed by atoms with van der Waals surface area (Å²) in [5, 5.41) is 3.34. The molecule has 96 valence electrons. The Morgan fingerprint density at radius 1 is 1.29 bits per heavy atom. The number of benzene rings is 1. The number of ether oxygens (including phenoxy) is 2. The average Bonchev–Trinajstić information content (AvgIpc) is 2.38. The molecule has 1 aliphatic heterocycles. The molecule has 1 aliphatic rings. The second-order valence-electron chi connectivity index (χ2n) is 4.13. The molecule has 1 aromatic rings. The number of rotatable bonds is 4. The summed E-state index contributed by atoms with van der Waals surface area (Å²) >= 11 is 0. The van der Waals surface area contributed by atoms with E-state index in [0.717, 1.165) is 18.8 Å². The summed E-state index contributed by atoms with van der Waals surface area (Å²) in [4.78, 5) is 0. The van der Waals surface area contributed by atoms with Gasteiger partial charge in [0.15, 0.2) is 0 Å². The third kappa shape index (κ3) is 4.54. The van der Waals surface area contributed by atoms with E-state index in [9.17, 15) is 0 Å². The summed E-state index contributed by atoms with van der Waals surface area (Å²) in [5.41, 5.74) is 1.20. The largest absolute Gasteiger partial charge is 0.497 e. The fraction of sp³-hybridized carbons (Fsp3) is 0.538. The van der Waals surface area contributed by atoms with Gasteiger partial charge in [0.1, 0.15) is 5.75 Å². The van der Waals surface area contributed by atoms with Crippen molar-refractivity contribution >= 4 is 12.4 Å². The van der Waals surface area contributed by atoms with E-state index >= 15 is 0 Å². The molecule has 1 aromatic carbocycles. The van der Waals surface area contributed by atoms with E-state index in [1.54, 1.807) is 7.11 Å². The summed E-state index contributed by atoms with van der Waals surface area (Å²) < 4.78 is 11.0. The first-order chi connectivity index (χ1) is 7.88. The Labute approximate surface area is 109 Å². The van der Waals surface area contributed by atoms with E-state index in [1.807, 2.05) is 12.1 Å². The quantitative estimate of drug-likeness (QED) is 0.899. The van der Waals surface area contributed by atoms with Crippen LogP contribution in [0.3, 0.4) is 0 Å². The lowest BCUT2D eigenvalue weighted by Gasteiger charge is -2.23. The molecule has 3 nitrogen and oxygen atoms in total. The lowest BCUT2D eigenvalue weighted by atomic mass is 10.1. The highest BCUT2D eigenvalue weighted by Gasteiger charge is 2.12. The van der Waals surface area contributed by atoms with E-state index in [0.29, 0.717) is 12.7 Å². The van der Waals surface area contributed by atoms with Crippen molar-refractivity contribution in [2.75, 3.05) is 20.2 Å². The Bertz CT molecular complexity index is 310. The van der Waals surface area contributed by atoms with Gasteiger partial charge in [-0.2, -0.15) is 0 Å². The maximum atomic E-state index is 5.84. The van der Waals surface area contributed by atoms with Crippen molar-refractivity contribution in [2.45, 2.75) is 25.6 Å². The van der Waals surface area contributed by atoms with E-state index in [-0.39, 0.29) is 12.4 Å². The molecule has 2 rings (SSSR count). The lowest BCUT2D eigenvalue weighted by molar-refractivity contribution is 0.0253. The molecule has 4 heteroatoms. The summed E-state index contributed by atoms with van der Waals surface area (Å²) in [6.45, 7) is 2.80. The molecule has 0 amide bonds. The van der Waals surface area contributed by atoms with Gasteiger partial charge in [-0.15, -0.1) is 12.4 Å². The van der Waals surface area contributed by atoms with Crippen molar-refractivity contribution < 1.29 is 9.47 Å². The molecular weight excluding hydrogens is 238 g/mol. The first-order valence-electron chi connectivity index (χ1n) is 5.84. The second kappa shape index (κ2) is 7.54. The van der Waals surface area contributed by atoms with Crippen LogP contribution in [0.15, 0.2) is 24.3 Å². The van der Waals surface area contributed by atoms with Gasteiger partial charge in [-0.25, -0.2) is 0 Å². The summed E-state index contributed by atoms with van der Waals surface area (Å²) in [6.07, 6.45) is 2.76. The Hall–Kier alpha value is -0.770. The molecule has 1 fully saturated rings. The summed E-state index contributed by atoms with van der Waals surface area (Å²) in [7, 11) is 1.68. The zero-order valence-corrected chi connectivity index (χ0v) is 11.0. The molecule has 1 N–H and O–H groups in total. The van der Waals surface area contributed by atoms with Gasteiger partial charge in [0, 0.05) is 6.54 Å². The maximum absolute atomic E-state index is 5.84. The van der Waals surface area contributed by atoms with E-state index in [2.05, 4.69) is 17.4 Å². The first-order valence-corrected chi connectivity index (χ1v) is 5.84. The zero-order chi connectivity index (χ0) is 11.2. The number of piperidine rings is 1. The SMILES string of the molecule is COc1ccc(COC2CCCNC2)cc1.Cl. The van der Waals surface area contributed by atoms with Crippen LogP contribution in [0, 0.1) is 0 Å². The van der Waals surface area contributed by atoms with Crippen LogP contribution in [-0.4, -0.2) is 26.3 Å². The molecule has 1 saturated heterocycles. The van der Waals surface area contributed by atoms with E-state index in [1.165, 1.54) is 18.4 Å². The van der Waals surface area contributed by atoms with Gasteiger partial charge in [-0.05, 0) is 37.1 Å². The van der Waals surface area contributed by atoms with Gasteiger partial charge in [-0.3, -0.25) is 0 Å². The van der Waals surface area contributed by atoms with Crippen LogP contribution in [0.5, 0.6) is 5.75 Å². The minimum Gasteiger partial charge on any atom is -0.497 e. The van der Waals surface area contributed by atoms with Gasteiger partial charge in [-0.1, -0.05) is 12.1 Å². The Kier molecular flexibility index (Phi) is 6.34. The molecule has 1 atom stereocenters. The number of hydrogen-bond acceptors (Lipinski definition) is 3. The minimum absolute atomic E-state index is 0. The van der Waals surface area contributed by atoms with Crippen LogP contribution >= 0.6 is 12.4 Å². The topological polar surface area (TPSA) is 30.5 Å². The molecule has 0 aromatic heterocycles. The van der Waals surface area contributed by atoms with Crippen molar-refractivity contribution in [3.05, 3.63) is 29.8 Å².